The summed E-state index contributed by atoms with van der Waals surface area (Å²) in [6.07, 6.45) is 4.02. The third-order valence-corrected chi connectivity index (χ3v) is 4.63. The molecule has 0 aliphatic carbocycles. The molecule has 0 radical (unpaired) electrons. The van der Waals surface area contributed by atoms with Gasteiger partial charge in [0.05, 0.1) is 6.54 Å². The van der Waals surface area contributed by atoms with E-state index in [-0.39, 0.29) is 11.3 Å². The van der Waals surface area contributed by atoms with Crippen molar-refractivity contribution in [2.75, 3.05) is 26.2 Å². The zero-order valence-electron chi connectivity index (χ0n) is 15.4. The first-order valence-electron chi connectivity index (χ1n) is 9.16. The van der Waals surface area contributed by atoms with E-state index in [0.29, 0.717) is 25.5 Å². The number of piperidine rings is 1. The molecule has 0 atom stereocenters. The number of benzene rings is 1. The van der Waals surface area contributed by atoms with Crippen molar-refractivity contribution in [3.8, 4) is 5.75 Å². The molecule has 4 nitrogen and oxygen atoms in total. The van der Waals surface area contributed by atoms with Crippen molar-refractivity contribution in [1.82, 2.24) is 10.6 Å². The Hall–Kier alpha value is -1.55. The molecule has 1 fully saturated rings. The second kappa shape index (κ2) is 9.07. The van der Waals surface area contributed by atoms with Crippen LogP contribution in [-0.4, -0.2) is 32.1 Å². The van der Waals surface area contributed by atoms with Crippen LogP contribution in [0.3, 0.4) is 0 Å². The average molecular weight is 332 g/mol. The van der Waals surface area contributed by atoms with Crippen LogP contribution < -0.4 is 15.4 Å². The Morgan fingerprint density at radius 3 is 2.75 bits per heavy atom. The van der Waals surface area contributed by atoms with E-state index in [9.17, 15) is 4.79 Å². The molecule has 1 saturated heterocycles. The molecule has 0 saturated carbocycles. The molecule has 1 aromatic carbocycles. The van der Waals surface area contributed by atoms with E-state index in [1.54, 1.807) is 0 Å². The monoisotopic (exact) mass is 332 g/mol. The maximum atomic E-state index is 11.9. The molecular formula is C20H32N2O2. The van der Waals surface area contributed by atoms with Crippen LogP contribution in [0.5, 0.6) is 5.75 Å². The first kappa shape index (κ1) is 18.8. The van der Waals surface area contributed by atoms with Crippen LogP contribution >= 0.6 is 0 Å². The van der Waals surface area contributed by atoms with Gasteiger partial charge in [0.1, 0.15) is 12.4 Å². The Bertz CT molecular complexity index is 517. The zero-order valence-corrected chi connectivity index (χ0v) is 15.4. The molecule has 1 aromatic rings. The minimum absolute atomic E-state index is 0.113. The lowest BCUT2D eigenvalue weighted by Gasteiger charge is -2.22. The third-order valence-electron chi connectivity index (χ3n) is 4.63. The maximum Gasteiger partial charge on any atom is 0.220 e. The Morgan fingerprint density at radius 1 is 1.29 bits per heavy atom. The first-order valence-corrected chi connectivity index (χ1v) is 9.16. The van der Waals surface area contributed by atoms with Crippen LogP contribution in [0.4, 0.5) is 0 Å². The molecule has 0 spiro atoms. The number of hydrogen-bond donors (Lipinski definition) is 2. The van der Waals surface area contributed by atoms with Crippen LogP contribution in [-0.2, 0) is 10.2 Å². The van der Waals surface area contributed by atoms with Crippen molar-refractivity contribution in [2.45, 2.75) is 51.9 Å². The SMILES string of the molecule is CC(C)(C)c1cccc(OCCNC(=O)CCC2CCNCC2)c1. The number of nitrogens with one attached hydrogen (secondary N) is 2. The lowest BCUT2D eigenvalue weighted by molar-refractivity contribution is -0.121. The van der Waals surface area contributed by atoms with Crippen LogP contribution in [0, 0.1) is 5.92 Å². The van der Waals surface area contributed by atoms with Gasteiger partial charge in [0.2, 0.25) is 5.91 Å². The van der Waals surface area contributed by atoms with Gasteiger partial charge in [0.25, 0.3) is 0 Å². The highest BCUT2D eigenvalue weighted by Gasteiger charge is 2.15. The number of carbonyl (C=O) groups excluding carboxylic acids is 1. The zero-order chi connectivity index (χ0) is 17.4. The molecule has 1 aliphatic rings. The van der Waals surface area contributed by atoms with Gasteiger partial charge in [0, 0.05) is 6.42 Å². The van der Waals surface area contributed by atoms with Gasteiger partial charge in [-0.3, -0.25) is 4.79 Å². The molecular weight excluding hydrogens is 300 g/mol. The number of amides is 1. The highest BCUT2D eigenvalue weighted by atomic mass is 16.5. The first-order chi connectivity index (χ1) is 11.4. The summed E-state index contributed by atoms with van der Waals surface area (Å²) in [6, 6.07) is 8.19. The van der Waals surface area contributed by atoms with Crippen molar-refractivity contribution in [3.05, 3.63) is 29.8 Å². The fourth-order valence-corrected chi connectivity index (χ4v) is 3.01. The highest BCUT2D eigenvalue weighted by Crippen LogP contribution is 2.25. The van der Waals surface area contributed by atoms with Gasteiger partial charge in [-0.05, 0) is 61.4 Å². The van der Waals surface area contributed by atoms with Crippen molar-refractivity contribution >= 4 is 5.91 Å². The van der Waals surface area contributed by atoms with E-state index in [1.165, 1.54) is 18.4 Å². The van der Waals surface area contributed by atoms with E-state index in [1.807, 2.05) is 12.1 Å². The average Bonchev–Trinajstić information content (AvgIpc) is 2.57. The lowest BCUT2D eigenvalue weighted by Crippen LogP contribution is -2.30. The summed E-state index contributed by atoms with van der Waals surface area (Å²) < 4.78 is 5.76. The summed E-state index contributed by atoms with van der Waals surface area (Å²) in [5.74, 6) is 1.71. The van der Waals surface area contributed by atoms with Crippen LogP contribution in [0.1, 0.15) is 52.0 Å². The number of ether oxygens (including phenoxy) is 1. The predicted molar refractivity (Wildman–Crippen MR) is 98.5 cm³/mol. The number of carbonyl (C=O) groups is 1. The Morgan fingerprint density at radius 2 is 2.04 bits per heavy atom. The summed E-state index contributed by atoms with van der Waals surface area (Å²) in [5, 5.41) is 6.31. The standard InChI is InChI=1S/C20H32N2O2/c1-20(2,3)17-5-4-6-18(15-17)24-14-13-22-19(23)8-7-16-9-11-21-12-10-16/h4-6,15-16,21H,7-14H2,1-3H3,(H,22,23). The molecule has 1 aliphatic heterocycles. The molecule has 134 valence electrons. The fraction of sp³-hybridized carbons (Fsp3) is 0.650. The topological polar surface area (TPSA) is 50.4 Å². The normalized spacial score (nSPS) is 16.0. The second-order valence-electron chi connectivity index (χ2n) is 7.71. The summed E-state index contributed by atoms with van der Waals surface area (Å²) in [7, 11) is 0. The summed E-state index contributed by atoms with van der Waals surface area (Å²) in [5.41, 5.74) is 1.37. The highest BCUT2D eigenvalue weighted by molar-refractivity contribution is 5.75. The molecule has 1 heterocycles. The number of hydrogen-bond acceptors (Lipinski definition) is 3. The van der Waals surface area contributed by atoms with Gasteiger partial charge in [0.15, 0.2) is 0 Å². The van der Waals surface area contributed by atoms with Crippen molar-refractivity contribution in [2.24, 2.45) is 5.92 Å². The Balaban J connectivity index is 1.63. The molecule has 2 rings (SSSR count). The minimum Gasteiger partial charge on any atom is -0.492 e. The predicted octanol–water partition coefficient (Wildman–Crippen LogP) is 3.26. The lowest BCUT2D eigenvalue weighted by atomic mass is 9.87. The van der Waals surface area contributed by atoms with E-state index in [4.69, 9.17) is 4.74 Å². The Kier molecular flexibility index (Phi) is 7.10. The van der Waals surface area contributed by atoms with Gasteiger partial charge in [-0.25, -0.2) is 0 Å². The Labute approximate surface area is 146 Å². The van der Waals surface area contributed by atoms with Gasteiger partial charge in [-0.2, -0.15) is 0 Å². The summed E-state index contributed by atoms with van der Waals surface area (Å²) in [6.45, 7) is 9.82. The largest absolute Gasteiger partial charge is 0.492 e. The number of rotatable bonds is 7. The van der Waals surface area contributed by atoms with Crippen LogP contribution in [0.25, 0.3) is 0 Å². The molecule has 24 heavy (non-hydrogen) atoms. The van der Waals surface area contributed by atoms with Crippen molar-refractivity contribution in [3.63, 3.8) is 0 Å². The smallest absolute Gasteiger partial charge is 0.220 e. The maximum absolute atomic E-state index is 11.9. The fourth-order valence-electron chi connectivity index (χ4n) is 3.01. The quantitative estimate of drug-likeness (QED) is 0.754. The van der Waals surface area contributed by atoms with E-state index in [0.717, 1.165) is 25.3 Å². The van der Waals surface area contributed by atoms with Gasteiger partial charge in [-0.15, -0.1) is 0 Å². The van der Waals surface area contributed by atoms with E-state index >= 15 is 0 Å². The molecule has 4 heteroatoms. The van der Waals surface area contributed by atoms with Crippen LogP contribution in [0.15, 0.2) is 24.3 Å². The molecule has 0 bridgehead atoms. The van der Waals surface area contributed by atoms with E-state index in [2.05, 4.69) is 43.5 Å². The van der Waals surface area contributed by atoms with E-state index < -0.39 is 0 Å². The van der Waals surface area contributed by atoms with Gasteiger partial charge in [-0.1, -0.05) is 32.9 Å². The van der Waals surface area contributed by atoms with Crippen molar-refractivity contribution in [1.29, 1.82) is 0 Å². The molecule has 2 N–H and O–H groups in total. The molecule has 0 unspecified atom stereocenters. The summed E-state index contributed by atoms with van der Waals surface area (Å²) >= 11 is 0. The van der Waals surface area contributed by atoms with Gasteiger partial charge < -0.3 is 15.4 Å². The molecule has 0 aromatic heterocycles. The minimum atomic E-state index is 0.113. The third kappa shape index (κ3) is 6.52. The molecule has 1 amide bonds. The second-order valence-corrected chi connectivity index (χ2v) is 7.71. The summed E-state index contributed by atoms with van der Waals surface area (Å²) in [4.78, 5) is 11.9. The van der Waals surface area contributed by atoms with Crippen molar-refractivity contribution < 1.29 is 9.53 Å². The van der Waals surface area contributed by atoms with Gasteiger partial charge >= 0.3 is 0 Å². The van der Waals surface area contributed by atoms with Crippen LogP contribution in [0.2, 0.25) is 0 Å².